The Hall–Kier alpha value is -1.71. The molecule has 0 aliphatic heterocycles. The van der Waals surface area contributed by atoms with Crippen LogP contribution in [0, 0.1) is 0 Å². The average molecular weight is 269 g/mol. The van der Waals surface area contributed by atoms with Gasteiger partial charge in [0.1, 0.15) is 0 Å². The molecular weight excluding hydrogens is 246 g/mol. The van der Waals surface area contributed by atoms with E-state index in [1.807, 2.05) is 18.5 Å². The normalized spacial score (nSPS) is 12.6. The van der Waals surface area contributed by atoms with E-state index in [1.54, 1.807) is 0 Å². The Kier molecular flexibility index (Phi) is 5.71. The Morgan fingerprint density at radius 3 is 2.60 bits per heavy atom. The van der Waals surface area contributed by atoms with Gasteiger partial charge in [-0.25, -0.2) is 0 Å². The maximum atomic E-state index is 5.67. The predicted octanol–water partition coefficient (Wildman–Crippen LogP) is 2.99. The van der Waals surface area contributed by atoms with Crippen LogP contribution in [0.25, 0.3) is 0 Å². The first kappa shape index (κ1) is 14.7. The van der Waals surface area contributed by atoms with E-state index >= 15 is 0 Å². The second-order valence-electron chi connectivity index (χ2n) is 5.06. The molecule has 0 amide bonds. The zero-order valence-electron chi connectivity index (χ0n) is 12.1. The van der Waals surface area contributed by atoms with Crippen molar-refractivity contribution in [3.63, 3.8) is 0 Å². The van der Waals surface area contributed by atoms with Crippen molar-refractivity contribution in [2.75, 3.05) is 13.1 Å². The molecule has 0 aliphatic rings. The van der Waals surface area contributed by atoms with Crippen molar-refractivity contribution in [1.29, 1.82) is 0 Å². The van der Waals surface area contributed by atoms with Crippen molar-refractivity contribution in [1.82, 2.24) is 9.88 Å². The van der Waals surface area contributed by atoms with E-state index in [1.165, 1.54) is 11.1 Å². The van der Waals surface area contributed by atoms with Gasteiger partial charge in [-0.05, 0) is 37.1 Å². The summed E-state index contributed by atoms with van der Waals surface area (Å²) in [6.45, 7) is 4.90. The molecule has 20 heavy (non-hydrogen) atoms. The molecule has 1 heterocycles. The molecule has 0 fully saturated rings. The van der Waals surface area contributed by atoms with Crippen molar-refractivity contribution in [3.8, 4) is 0 Å². The summed E-state index contributed by atoms with van der Waals surface area (Å²) >= 11 is 0. The number of nitrogens with two attached hydrogens (primary N) is 1. The van der Waals surface area contributed by atoms with E-state index in [0.29, 0.717) is 6.04 Å². The minimum Gasteiger partial charge on any atom is -0.330 e. The molecule has 106 valence electrons. The van der Waals surface area contributed by atoms with Crippen molar-refractivity contribution in [2.24, 2.45) is 5.73 Å². The lowest BCUT2D eigenvalue weighted by atomic mass is 10.1. The van der Waals surface area contributed by atoms with E-state index < -0.39 is 0 Å². The van der Waals surface area contributed by atoms with Gasteiger partial charge in [0, 0.05) is 31.5 Å². The van der Waals surface area contributed by atoms with Gasteiger partial charge < -0.3 is 5.73 Å². The summed E-state index contributed by atoms with van der Waals surface area (Å²) in [5.41, 5.74) is 8.25. The number of benzene rings is 1. The quantitative estimate of drug-likeness (QED) is 0.840. The first-order valence-corrected chi connectivity index (χ1v) is 7.19. The Balaban J connectivity index is 2.10. The van der Waals surface area contributed by atoms with Crippen LogP contribution in [0.4, 0.5) is 0 Å². The zero-order valence-corrected chi connectivity index (χ0v) is 12.1. The fourth-order valence-electron chi connectivity index (χ4n) is 2.36. The summed E-state index contributed by atoms with van der Waals surface area (Å²) in [6.07, 6.45) is 4.78. The van der Waals surface area contributed by atoms with E-state index in [9.17, 15) is 0 Å². The molecule has 1 aromatic heterocycles. The largest absolute Gasteiger partial charge is 0.330 e. The van der Waals surface area contributed by atoms with Crippen molar-refractivity contribution in [2.45, 2.75) is 25.9 Å². The average Bonchev–Trinajstić information content (AvgIpc) is 2.52. The lowest BCUT2D eigenvalue weighted by Gasteiger charge is -2.29. The molecule has 1 aromatic carbocycles. The Labute approximate surface area is 121 Å². The molecule has 2 N–H and O–H groups in total. The molecule has 1 atom stereocenters. The topological polar surface area (TPSA) is 42.2 Å². The summed E-state index contributed by atoms with van der Waals surface area (Å²) in [5, 5.41) is 0. The molecule has 0 aliphatic carbocycles. The molecule has 2 rings (SSSR count). The molecule has 3 nitrogen and oxygen atoms in total. The van der Waals surface area contributed by atoms with Crippen LogP contribution in [0.1, 0.15) is 30.5 Å². The summed E-state index contributed by atoms with van der Waals surface area (Å²) in [4.78, 5) is 6.68. The SMILES string of the molecule is CC(c1cccnc1)N(CCCN)Cc1ccccc1. The van der Waals surface area contributed by atoms with E-state index in [2.05, 4.69) is 53.2 Å². The lowest BCUT2D eigenvalue weighted by Crippen LogP contribution is -2.29. The third-order valence-corrected chi connectivity index (χ3v) is 3.59. The molecule has 1 unspecified atom stereocenters. The fourth-order valence-corrected chi connectivity index (χ4v) is 2.36. The van der Waals surface area contributed by atoms with Crippen LogP contribution in [-0.4, -0.2) is 23.0 Å². The van der Waals surface area contributed by atoms with Crippen LogP contribution in [-0.2, 0) is 6.54 Å². The molecule has 0 saturated heterocycles. The number of hydrogen-bond acceptors (Lipinski definition) is 3. The summed E-state index contributed by atoms with van der Waals surface area (Å²) in [5.74, 6) is 0. The van der Waals surface area contributed by atoms with Gasteiger partial charge in [-0.1, -0.05) is 36.4 Å². The molecular formula is C17H23N3. The minimum absolute atomic E-state index is 0.343. The molecule has 3 heteroatoms. The number of nitrogens with zero attached hydrogens (tertiary/aromatic N) is 2. The van der Waals surface area contributed by atoms with Crippen LogP contribution in [0.5, 0.6) is 0 Å². The second-order valence-corrected chi connectivity index (χ2v) is 5.06. The molecule has 0 bridgehead atoms. The monoisotopic (exact) mass is 269 g/mol. The second kappa shape index (κ2) is 7.78. The predicted molar refractivity (Wildman–Crippen MR) is 83.2 cm³/mol. The number of aromatic nitrogens is 1. The molecule has 0 spiro atoms. The van der Waals surface area contributed by atoms with Gasteiger partial charge in [0.2, 0.25) is 0 Å². The Morgan fingerprint density at radius 1 is 1.15 bits per heavy atom. The van der Waals surface area contributed by atoms with Gasteiger partial charge in [0.05, 0.1) is 0 Å². The standard InChI is InChI=1S/C17H23N3/c1-15(17-9-5-11-19-13-17)20(12-6-10-18)14-16-7-3-2-4-8-16/h2-5,7-9,11,13,15H,6,10,12,14,18H2,1H3. The fraction of sp³-hybridized carbons (Fsp3) is 0.353. The van der Waals surface area contributed by atoms with E-state index in [-0.39, 0.29) is 0 Å². The van der Waals surface area contributed by atoms with Crippen LogP contribution >= 0.6 is 0 Å². The first-order chi connectivity index (χ1) is 9.81. The highest BCUT2D eigenvalue weighted by molar-refractivity contribution is 5.17. The highest BCUT2D eigenvalue weighted by Gasteiger charge is 2.15. The van der Waals surface area contributed by atoms with Gasteiger partial charge >= 0.3 is 0 Å². The van der Waals surface area contributed by atoms with Gasteiger partial charge in [-0.3, -0.25) is 9.88 Å². The Morgan fingerprint density at radius 2 is 1.95 bits per heavy atom. The van der Waals surface area contributed by atoms with Crippen molar-refractivity contribution >= 4 is 0 Å². The smallest absolute Gasteiger partial charge is 0.0338 e. The minimum atomic E-state index is 0.343. The number of rotatable bonds is 7. The maximum Gasteiger partial charge on any atom is 0.0338 e. The van der Waals surface area contributed by atoms with E-state index in [0.717, 1.165) is 26.1 Å². The number of pyridine rings is 1. The summed E-state index contributed by atoms with van der Waals surface area (Å²) in [6, 6.07) is 15.1. The molecule has 0 radical (unpaired) electrons. The maximum absolute atomic E-state index is 5.67. The van der Waals surface area contributed by atoms with Gasteiger partial charge in [0.15, 0.2) is 0 Å². The third kappa shape index (κ3) is 4.15. The van der Waals surface area contributed by atoms with E-state index in [4.69, 9.17) is 5.73 Å². The van der Waals surface area contributed by atoms with Crippen molar-refractivity contribution < 1.29 is 0 Å². The van der Waals surface area contributed by atoms with Crippen LogP contribution in [0.15, 0.2) is 54.9 Å². The Bertz CT molecular complexity index is 484. The van der Waals surface area contributed by atoms with Gasteiger partial charge in [-0.15, -0.1) is 0 Å². The zero-order chi connectivity index (χ0) is 14.2. The van der Waals surface area contributed by atoms with Gasteiger partial charge in [-0.2, -0.15) is 0 Å². The summed E-state index contributed by atoms with van der Waals surface area (Å²) < 4.78 is 0. The highest BCUT2D eigenvalue weighted by atomic mass is 15.1. The van der Waals surface area contributed by atoms with Crippen LogP contribution in [0.3, 0.4) is 0 Å². The molecule has 2 aromatic rings. The highest BCUT2D eigenvalue weighted by Crippen LogP contribution is 2.21. The summed E-state index contributed by atoms with van der Waals surface area (Å²) in [7, 11) is 0. The molecule has 0 saturated carbocycles. The number of hydrogen-bond donors (Lipinski definition) is 1. The third-order valence-electron chi connectivity index (χ3n) is 3.59. The lowest BCUT2D eigenvalue weighted by molar-refractivity contribution is 0.200. The van der Waals surface area contributed by atoms with Crippen LogP contribution < -0.4 is 5.73 Å². The van der Waals surface area contributed by atoms with Crippen LogP contribution in [0.2, 0.25) is 0 Å². The van der Waals surface area contributed by atoms with Gasteiger partial charge in [0.25, 0.3) is 0 Å². The first-order valence-electron chi connectivity index (χ1n) is 7.19. The van der Waals surface area contributed by atoms with Crippen molar-refractivity contribution in [3.05, 3.63) is 66.0 Å².